The van der Waals surface area contributed by atoms with Crippen molar-refractivity contribution < 1.29 is 0 Å². The van der Waals surface area contributed by atoms with Crippen molar-refractivity contribution in [2.75, 3.05) is 18.0 Å². The smallest absolute Gasteiger partial charge is 0.258 e. The molecule has 0 bridgehead atoms. The fourth-order valence-corrected chi connectivity index (χ4v) is 2.69. The highest BCUT2D eigenvalue weighted by atomic mass is 35.5. The van der Waals surface area contributed by atoms with E-state index < -0.39 is 0 Å². The normalized spacial score (nSPS) is 18.7. The van der Waals surface area contributed by atoms with Gasteiger partial charge in [-0.25, -0.2) is 4.98 Å². The van der Waals surface area contributed by atoms with Crippen molar-refractivity contribution in [1.82, 2.24) is 29.7 Å². The molecule has 0 aliphatic carbocycles. The number of hydrogen-bond acceptors (Lipinski definition) is 6. The Morgan fingerprint density at radius 1 is 1.30 bits per heavy atom. The summed E-state index contributed by atoms with van der Waals surface area (Å²) < 4.78 is 1.48. The fraction of sp³-hybridized carbons (Fsp3) is 0.583. The minimum absolute atomic E-state index is 0.180. The molecule has 8 heteroatoms. The number of nitrogens with zero attached hydrogens (tertiary/aromatic N) is 7. The lowest BCUT2D eigenvalue weighted by molar-refractivity contribution is 0.529. The van der Waals surface area contributed by atoms with Gasteiger partial charge in [-0.1, -0.05) is 13.3 Å². The summed E-state index contributed by atoms with van der Waals surface area (Å²) in [6, 6.07) is 0. The molecule has 106 valence electrons. The van der Waals surface area contributed by atoms with Gasteiger partial charge in [-0.2, -0.15) is 24.7 Å². The Morgan fingerprint density at radius 3 is 2.90 bits per heavy atom. The molecule has 2 aromatic heterocycles. The predicted molar refractivity (Wildman–Crippen MR) is 75.0 cm³/mol. The summed E-state index contributed by atoms with van der Waals surface area (Å²) >= 11 is 5.99. The van der Waals surface area contributed by atoms with Crippen molar-refractivity contribution in [2.24, 2.45) is 5.92 Å². The van der Waals surface area contributed by atoms with Gasteiger partial charge in [-0.3, -0.25) is 0 Å². The van der Waals surface area contributed by atoms with Gasteiger partial charge in [0.2, 0.25) is 11.2 Å². The summed E-state index contributed by atoms with van der Waals surface area (Å²) in [5, 5.41) is 4.20. The largest absolute Gasteiger partial charge is 0.340 e. The first kappa shape index (κ1) is 13.2. The van der Waals surface area contributed by atoms with E-state index in [-0.39, 0.29) is 5.28 Å². The standard InChI is InChI=1S/C12H16ClN7/c1-2-3-9-4-5-19(6-9)11-16-10(13)17-12(18-11)20-8-14-7-15-20/h7-9H,2-6H2,1H3. The molecule has 0 radical (unpaired) electrons. The van der Waals surface area contributed by atoms with Crippen molar-refractivity contribution in [3.05, 3.63) is 17.9 Å². The van der Waals surface area contributed by atoms with Gasteiger partial charge in [0.15, 0.2) is 0 Å². The zero-order valence-electron chi connectivity index (χ0n) is 11.3. The Kier molecular flexibility index (Phi) is 3.77. The minimum Gasteiger partial charge on any atom is -0.340 e. The summed E-state index contributed by atoms with van der Waals surface area (Å²) in [6.45, 7) is 4.15. The van der Waals surface area contributed by atoms with E-state index >= 15 is 0 Å². The highest BCUT2D eigenvalue weighted by Gasteiger charge is 2.24. The molecule has 1 aliphatic rings. The topological polar surface area (TPSA) is 72.6 Å². The summed E-state index contributed by atoms with van der Waals surface area (Å²) in [5.74, 6) is 1.73. The molecular weight excluding hydrogens is 278 g/mol. The van der Waals surface area contributed by atoms with Crippen LogP contribution in [0.4, 0.5) is 5.95 Å². The number of rotatable bonds is 4. The Morgan fingerprint density at radius 2 is 2.15 bits per heavy atom. The van der Waals surface area contributed by atoms with Gasteiger partial charge in [0.25, 0.3) is 5.95 Å². The van der Waals surface area contributed by atoms with E-state index in [4.69, 9.17) is 11.6 Å². The average Bonchev–Trinajstić information content (AvgIpc) is 3.09. The molecule has 0 amide bonds. The molecular formula is C12H16ClN7. The highest BCUT2D eigenvalue weighted by Crippen LogP contribution is 2.24. The molecule has 3 rings (SSSR count). The van der Waals surface area contributed by atoms with Gasteiger partial charge in [-0.15, -0.1) is 0 Å². The van der Waals surface area contributed by atoms with Crippen LogP contribution < -0.4 is 4.90 Å². The monoisotopic (exact) mass is 293 g/mol. The van der Waals surface area contributed by atoms with E-state index in [1.54, 1.807) is 6.33 Å². The van der Waals surface area contributed by atoms with Crippen LogP contribution in [0.5, 0.6) is 0 Å². The summed E-state index contributed by atoms with van der Waals surface area (Å²) in [6.07, 6.45) is 6.60. The molecule has 1 saturated heterocycles. The Hall–Kier alpha value is -1.76. The van der Waals surface area contributed by atoms with E-state index in [0.717, 1.165) is 13.1 Å². The van der Waals surface area contributed by atoms with Crippen LogP contribution in [0.15, 0.2) is 12.7 Å². The molecule has 1 fully saturated rings. The van der Waals surface area contributed by atoms with E-state index in [0.29, 0.717) is 17.8 Å². The second kappa shape index (κ2) is 5.70. The Balaban J connectivity index is 1.84. The molecule has 0 aromatic carbocycles. The van der Waals surface area contributed by atoms with Crippen LogP contribution in [0.25, 0.3) is 5.95 Å². The average molecular weight is 294 g/mol. The van der Waals surface area contributed by atoms with Crippen LogP contribution in [0, 0.1) is 5.92 Å². The summed E-state index contributed by atoms with van der Waals surface area (Å²) in [7, 11) is 0. The van der Waals surface area contributed by atoms with Gasteiger partial charge >= 0.3 is 0 Å². The molecule has 3 heterocycles. The Bertz CT molecular complexity index is 571. The molecule has 20 heavy (non-hydrogen) atoms. The third-order valence-electron chi connectivity index (χ3n) is 3.47. The van der Waals surface area contributed by atoms with Crippen LogP contribution in [0.3, 0.4) is 0 Å². The molecule has 2 aromatic rings. The number of halogens is 1. The lowest BCUT2D eigenvalue weighted by atomic mass is 10.0. The maximum absolute atomic E-state index is 5.99. The van der Waals surface area contributed by atoms with Crippen LogP contribution in [0.1, 0.15) is 26.2 Å². The fourth-order valence-electron chi connectivity index (χ4n) is 2.54. The lowest BCUT2D eigenvalue weighted by Gasteiger charge is -2.16. The quantitative estimate of drug-likeness (QED) is 0.855. The van der Waals surface area contributed by atoms with Crippen molar-refractivity contribution in [2.45, 2.75) is 26.2 Å². The molecule has 1 unspecified atom stereocenters. The zero-order valence-corrected chi connectivity index (χ0v) is 12.0. The Labute approximate surface area is 122 Å². The first-order chi connectivity index (χ1) is 9.76. The van der Waals surface area contributed by atoms with Gasteiger partial charge in [0.1, 0.15) is 12.7 Å². The second-order valence-electron chi connectivity index (χ2n) is 4.93. The highest BCUT2D eigenvalue weighted by molar-refractivity contribution is 6.28. The maximum atomic E-state index is 5.99. The van der Waals surface area contributed by atoms with Crippen molar-refractivity contribution in [1.29, 1.82) is 0 Å². The third-order valence-corrected chi connectivity index (χ3v) is 3.64. The number of aromatic nitrogens is 6. The molecule has 0 spiro atoms. The molecule has 1 atom stereocenters. The van der Waals surface area contributed by atoms with E-state index in [1.807, 2.05) is 0 Å². The van der Waals surface area contributed by atoms with Crippen LogP contribution >= 0.6 is 11.6 Å². The summed E-state index contributed by atoms with van der Waals surface area (Å²) in [5.41, 5.74) is 0. The maximum Gasteiger partial charge on any atom is 0.258 e. The number of anilines is 1. The molecule has 7 nitrogen and oxygen atoms in total. The van der Waals surface area contributed by atoms with Crippen molar-refractivity contribution >= 4 is 17.5 Å². The second-order valence-corrected chi connectivity index (χ2v) is 5.27. The van der Waals surface area contributed by atoms with E-state index in [2.05, 4.69) is 36.9 Å². The number of hydrogen-bond donors (Lipinski definition) is 0. The molecule has 1 aliphatic heterocycles. The van der Waals surface area contributed by atoms with Crippen LogP contribution in [0.2, 0.25) is 5.28 Å². The van der Waals surface area contributed by atoms with E-state index in [1.165, 1.54) is 30.3 Å². The van der Waals surface area contributed by atoms with Crippen LogP contribution in [-0.2, 0) is 0 Å². The zero-order chi connectivity index (χ0) is 13.9. The van der Waals surface area contributed by atoms with Gasteiger partial charge < -0.3 is 4.90 Å². The molecule has 0 N–H and O–H groups in total. The molecule has 0 saturated carbocycles. The minimum atomic E-state index is 0.180. The SMILES string of the molecule is CCCC1CCN(c2nc(Cl)nc(-n3cncn3)n2)C1. The lowest BCUT2D eigenvalue weighted by Crippen LogP contribution is -2.23. The van der Waals surface area contributed by atoms with Crippen molar-refractivity contribution in [3.8, 4) is 5.95 Å². The van der Waals surface area contributed by atoms with Crippen molar-refractivity contribution in [3.63, 3.8) is 0 Å². The first-order valence-corrected chi connectivity index (χ1v) is 7.15. The van der Waals surface area contributed by atoms with Gasteiger partial charge in [0.05, 0.1) is 0 Å². The van der Waals surface area contributed by atoms with E-state index in [9.17, 15) is 0 Å². The first-order valence-electron chi connectivity index (χ1n) is 6.77. The third kappa shape index (κ3) is 2.72. The van der Waals surface area contributed by atoms with Gasteiger partial charge in [-0.05, 0) is 30.4 Å². The predicted octanol–water partition coefficient (Wildman–Crippen LogP) is 1.73. The van der Waals surface area contributed by atoms with Gasteiger partial charge in [0, 0.05) is 13.1 Å². The summed E-state index contributed by atoms with van der Waals surface area (Å²) in [4.78, 5) is 18.8. The van der Waals surface area contributed by atoms with Crippen LogP contribution in [-0.4, -0.2) is 42.8 Å².